The van der Waals surface area contributed by atoms with Crippen molar-refractivity contribution >= 4 is 40.1 Å². The molecular formula is C18H14Cl2N2O3. The number of rotatable bonds is 4. The molecular weight excluding hydrogens is 363 g/mol. The van der Waals surface area contributed by atoms with Gasteiger partial charge in [-0.3, -0.25) is 14.2 Å². The molecule has 0 aliphatic rings. The van der Waals surface area contributed by atoms with E-state index in [9.17, 15) is 9.59 Å². The molecule has 0 radical (unpaired) electrons. The number of halogens is 2. The number of carbonyl (C=O) groups is 1. The Kier molecular flexibility index (Phi) is 5.06. The van der Waals surface area contributed by atoms with E-state index in [4.69, 9.17) is 27.9 Å². The highest BCUT2D eigenvalue weighted by Crippen LogP contribution is 2.27. The molecule has 25 heavy (non-hydrogen) atoms. The fourth-order valence-corrected chi connectivity index (χ4v) is 2.89. The number of para-hydroxylation sites is 1. The zero-order valence-corrected chi connectivity index (χ0v) is 14.8. The molecule has 0 bridgehead atoms. The minimum Gasteiger partial charge on any atom is -0.425 e. The van der Waals surface area contributed by atoms with E-state index >= 15 is 0 Å². The lowest BCUT2D eigenvalue weighted by Crippen LogP contribution is -2.23. The van der Waals surface area contributed by atoms with Crippen molar-refractivity contribution in [2.24, 2.45) is 0 Å². The van der Waals surface area contributed by atoms with Crippen molar-refractivity contribution in [3.63, 3.8) is 0 Å². The van der Waals surface area contributed by atoms with Gasteiger partial charge in [-0.2, -0.15) is 0 Å². The Morgan fingerprint density at radius 3 is 2.80 bits per heavy atom. The van der Waals surface area contributed by atoms with E-state index in [1.807, 2.05) is 19.1 Å². The van der Waals surface area contributed by atoms with Crippen molar-refractivity contribution < 1.29 is 9.53 Å². The van der Waals surface area contributed by atoms with Crippen LogP contribution in [0.2, 0.25) is 10.0 Å². The first-order valence-electron chi connectivity index (χ1n) is 7.56. The second-order valence-corrected chi connectivity index (χ2v) is 6.36. The Bertz CT molecular complexity index is 1010. The third kappa shape index (κ3) is 3.83. The van der Waals surface area contributed by atoms with Gasteiger partial charge in [0.05, 0.1) is 28.7 Å². The van der Waals surface area contributed by atoms with Gasteiger partial charge in [-0.15, -0.1) is 0 Å². The second-order valence-electron chi connectivity index (χ2n) is 5.51. The van der Waals surface area contributed by atoms with E-state index in [1.165, 1.54) is 23.0 Å². The molecule has 0 unspecified atom stereocenters. The monoisotopic (exact) mass is 376 g/mol. The van der Waals surface area contributed by atoms with Crippen LogP contribution in [-0.2, 0) is 11.3 Å². The van der Waals surface area contributed by atoms with Gasteiger partial charge in [0.25, 0.3) is 5.56 Å². The number of aryl methyl sites for hydroxylation is 2. The van der Waals surface area contributed by atoms with Crippen molar-refractivity contribution in [1.82, 2.24) is 9.55 Å². The van der Waals surface area contributed by atoms with Crippen LogP contribution in [0.25, 0.3) is 10.9 Å². The van der Waals surface area contributed by atoms with Crippen LogP contribution < -0.4 is 10.3 Å². The number of nitrogens with zero attached hydrogens (tertiary/aromatic N) is 2. The molecule has 0 aliphatic heterocycles. The van der Waals surface area contributed by atoms with Crippen molar-refractivity contribution in [2.75, 3.05) is 0 Å². The van der Waals surface area contributed by atoms with Gasteiger partial charge in [-0.25, -0.2) is 4.98 Å². The van der Waals surface area contributed by atoms with Gasteiger partial charge < -0.3 is 4.74 Å². The molecule has 0 amide bonds. The summed E-state index contributed by atoms with van der Waals surface area (Å²) in [5, 5.41) is 1.23. The van der Waals surface area contributed by atoms with E-state index in [0.717, 1.165) is 5.56 Å². The maximum Gasteiger partial charge on any atom is 0.313 e. The van der Waals surface area contributed by atoms with Gasteiger partial charge >= 0.3 is 5.97 Å². The average molecular weight is 377 g/mol. The fraction of sp³-hybridized carbons (Fsp3) is 0.167. The molecule has 1 heterocycles. The standard InChI is InChI=1S/C18H14Cl2N2O3/c1-11-3-2-4-13-17(11)21-10-22(18(13)24)8-7-16(23)25-15-6-5-12(19)9-14(15)20/h2-6,9-10H,7-8H2,1H3. The van der Waals surface area contributed by atoms with Gasteiger partial charge in [0.2, 0.25) is 0 Å². The van der Waals surface area contributed by atoms with Crippen LogP contribution >= 0.6 is 23.2 Å². The number of carbonyl (C=O) groups excluding carboxylic acids is 1. The van der Waals surface area contributed by atoms with E-state index in [2.05, 4.69) is 4.98 Å². The summed E-state index contributed by atoms with van der Waals surface area (Å²) in [6.45, 7) is 2.06. The van der Waals surface area contributed by atoms with Gasteiger partial charge in [0, 0.05) is 11.6 Å². The second kappa shape index (κ2) is 7.25. The number of hydrogen-bond donors (Lipinski definition) is 0. The van der Waals surface area contributed by atoms with Crippen molar-refractivity contribution in [3.05, 3.63) is 68.7 Å². The highest BCUT2D eigenvalue weighted by molar-refractivity contribution is 6.35. The first kappa shape index (κ1) is 17.5. The van der Waals surface area contributed by atoms with Crippen LogP contribution in [0.3, 0.4) is 0 Å². The first-order valence-corrected chi connectivity index (χ1v) is 8.32. The summed E-state index contributed by atoms with van der Waals surface area (Å²) in [6, 6.07) is 10.0. The summed E-state index contributed by atoms with van der Waals surface area (Å²) >= 11 is 11.8. The Morgan fingerprint density at radius 2 is 2.04 bits per heavy atom. The number of benzene rings is 2. The van der Waals surface area contributed by atoms with Crippen LogP contribution in [0.4, 0.5) is 0 Å². The molecule has 3 aromatic rings. The highest BCUT2D eigenvalue weighted by Gasteiger charge is 2.11. The van der Waals surface area contributed by atoms with E-state index in [1.54, 1.807) is 12.1 Å². The van der Waals surface area contributed by atoms with Crippen molar-refractivity contribution in [2.45, 2.75) is 19.9 Å². The van der Waals surface area contributed by atoms with Crippen LogP contribution in [0.5, 0.6) is 5.75 Å². The predicted molar refractivity (Wildman–Crippen MR) is 97.5 cm³/mol. The minimum absolute atomic E-state index is 0.0118. The Hall–Kier alpha value is -2.37. The lowest BCUT2D eigenvalue weighted by Gasteiger charge is -2.09. The van der Waals surface area contributed by atoms with Crippen LogP contribution in [0, 0.1) is 6.92 Å². The molecule has 7 heteroatoms. The molecule has 1 aromatic heterocycles. The maximum absolute atomic E-state index is 12.5. The normalized spacial score (nSPS) is 10.8. The molecule has 0 spiro atoms. The number of fused-ring (bicyclic) bond motifs is 1. The zero-order chi connectivity index (χ0) is 18.0. The molecule has 0 fully saturated rings. The topological polar surface area (TPSA) is 61.2 Å². The molecule has 2 aromatic carbocycles. The fourth-order valence-electron chi connectivity index (χ4n) is 2.44. The van der Waals surface area contributed by atoms with Gasteiger partial charge in [0.1, 0.15) is 5.75 Å². The largest absolute Gasteiger partial charge is 0.425 e. The molecule has 5 nitrogen and oxygen atoms in total. The first-order chi connectivity index (χ1) is 12.0. The summed E-state index contributed by atoms with van der Waals surface area (Å²) in [5.41, 5.74) is 1.41. The molecule has 0 atom stereocenters. The van der Waals surface area contributed by atoms with Crippen molar-refractivity contribution in [1.29, 1.82) is 0 Å². The van der Waals surface area contributed by atoms with Crippen LogP contribution in [0.1, 0.15) is 12.0 Å². The predicted octanol–water partition coefficient (Wildman–Crippen LogP) is 4.01. The summed E-state index contributed by atoms with van der Waals surface area (Å²) < 4.78 is 6.60. The molecule has 0 N–H and O–H groups in total. The van der Waals surface area contributed by atoms with E-state index < -0.39 is 5.97 Å². The van der Waals surface area contributed by atoms with Crippen LogP contribution in [-0.4, -0.2) is 15.5 Å². The van der Waals surface area contributed by atoms with Crippen molar-refractivity contribution in [3.8, 4) is 5.75 Å². The molecule has 3 rings (SSSR count). The summed E-state index contributed by atoms with van der Waals surface area (Å²) in [7, 11) is 0. The molecule has 0 aliphatic carbocycles. The molecule has 0 saturated heterocycles. The number of hydrogen-bond acceptors (Lipinski definition) is 4. The average Bonchev–Trinajstić information content (AvgIpc) is 2.57. The quantitative estimate of drug-likeness (QED) is 0.509. The Balaban J connectivity index is 1.73. The zero-order valence-electron chi connectivity index (χ0n) is 13.3. The maximum atomic E-state index is 12.5. The van der Waals surface area contributed by atoms with Crippen LogP contribution in [0.15, 0.2) is 47.5 Å². The number of aromatic nitrogens is 2. The molecule has 0 saturated carbocycles. The summed E-state index contributed by atoms with van der Waals surface area (Å²) in [5.74, 6) is -0.267. The Labute approximate surface area is 153 Å². The third-order valence-corrected chi connectivity index (χ3v) is 4.26. The molecule has 128 valence electrons. The van der Waals surface area contributed by atoms with E-state index in [0.29, 0.717) is 15.9 Å². The third-order valence-electron chi connectivity index (χ3n) is 3.73. The number of ether oxygens (including phenoxy) is 1. The lowest BCUT2D eigenvalue weighted by molar-refractivity contribution is -0.134. The Morgan fingerprint density at radius 1 is 1.24 bits per heavy atom. The minimum atomic E-state index is -0.500. The number of esters is 1. The van der Waals surface area contributed by atoms with Gasteiger partial charge in [-0.1, -0.05) is 35.3 Å². The highest BCUT2D eigenvalue weighted by atomic mass is 35.5. The van der Waals surface area contributed by atoms with Gasteiger partial charge in [-0.05, 0) is 36.8 Å². The summed E-state index contributed by atoms with van der Waals surface area (Å²) in [6.07, 6.45) is 1.46. The summed E-state index contributed by atoms with van der Waals surface area (Å²) in [4.78, 5) is 28.8. The smallest absolute Gasteiger partial charge is 0.313 e. The van der Waals surface area contributed by atoms with Gasteiger partial charge in [0.15, 0.2) is 0 Å². The van der Waals surface area contributed by atoms with E-state index in [-0.39, 0.29) is 29.3 Å². The SMILES string of the molecule is Cc1cccc2c(=O)n(CCC(=O)Oc3ccc(Cl)cc3Cl)cnc12. The lowest BCUT2D eigenvalue weighted by atomic mass is 10.1.